The van der Waals surface area contributed by atoms with Crippen molar-refractivity contribution in [1.82, 2.24) is 4.90 Å². The van der Waals surface area contributed by atoms with E-state index in [-0.39, 0.29) is 5.91 Å². The second-order valence-corrected chi connectivity index (χ2v) is 8.61. The summed E-state index contributed by atoms with van der Waals surface area (Å²) in [5.74, 6) is 3.12. The van der Waals surface area contributed by atoms with Crippen molar-refractivity contribution >= 4 is 11.8 Å². The van der Waals surface area contributed by atoms with Gasteiger partial charge in [-0.15, -0.1) is 0 Å². The van der Waals surface area contributed by atoms with E-state index in [9.17, 15) is 4.79 Å². The lowest BCUT2D eigenvalue weighted by atomic mass is 10.1. The van der Waals surface area contributed by atoms with Gasteiger partial charge in [-0.05, 0) is 68.1 Å². The molecule has 0 spiro atoms. The fraction of sp³-hybridized carbons (Fsp3) is 0.444. The zero-order valence-corrected chi connectivity index (χ0v) is 19.5. The number of anilines is 1. The van der Waals surface area contributed by atoms with Gasteiger partial charge in [0.2, 0.25) is 0 Å². The third kappa shape index (κ3) is 6.44. The van der Waals surface area contributed by atoms with Crippen molar-refractivity contribution in [3.8, 4) is 5.75 Å². The lowest BCUT2D eigenvalue weighted by Gasteiger charge is -2.26. The van der Waals surface area contributed by atoms with E-state index in [0.717, 1.165) is 55.5 Å². The smallest absolute Gasteiger partial charge is 0.254 e. The van der Waals surface area contributed by atoms with E-state index in [0.29, 0.717) is 25.3 Å². The van der Waals surface area contributed by atoms with Crippen LogP contribution in [0.15, 0.2) is 63.6 Å². The zero-order valence-electron chi connectivity index (χ0n) is 19.5. The highest BCUT2D eigenvalue weighted by molar-refractivity contribution is 5.94. The molecule has 2 aromatic heterocycles. The number of carbonyl (C=O) groups excluding carboxylic acids is 1. The van der Waals surface area contributed by atoms with Crippen molar-refractivity contribution in [3.63, 3.8) is 0 Å². The molecule has 0 atom stereocenters. The molecular weight excluding hydrogens is 416 g/mol. The molecule has 3 aromatic rings. The van der Waals surface area contributed by atoms with Crippen molar-refractivity contribution in [1.29, 1.82) is 0 Å². The van der Waals surface area contributed by atoms with E-state index >= 15 is 0 Å². The summed E-state index contributed by atoms with van der Waals surface area (Å²) < 4.78 is 17.4. The fourth-order valence-corrected chi connectivity index (χ4v) is 4.13. The van der Waals surface area contributed by atoms with Gasteiger partial charge < -0.3 is 23.4 Å². The fourth-order valence-electron chi connectivity index (χ4n) is 4.13. The molecule has 0 N–H and O–H groups in total. The SMILES string of the molecule is CCCCCOc1ccc(C(=O)N(Cc2ccco2)Cc2ccc(N3CCCCC3)o2)cc1. The summed E-state index contributed by atoms with van der Waals surface area (Å²) in [6.07, 6.45) is 8.65. The van der Waals surface area contributed by atoms with Crippen LogP contribution >= 0.6 is 0 Å². The average molecular weight is 451 g/mol. The highest BCUT2D eigenvalue weighted by Crippen LogP contribution is 2.25. The van der Waals surface area contributed by atoms with E-state index in [1.54, 1.807) is 11.2 Å². The van der Waals surface area contributed by atoms with Gasteiger partial charge in [-0.2, -0.15) is 0 Å². The molecule has 0 aliphatic carbocycles. The molecule has 176 valence electrons. The second-order valence-electron chi connectivity index (χ2n) is 8.61. The maximum atomic E-state index is 13.4. The predicted molar refractivity (Wildman–Crippen MR) is 129 cm³/mol. The largest absolute Gasteiger partial charge is 0.494 e. The summed E-state index contributed by atoms with van der Waals surface area (Å²) in [7, 11) is 0. The number of rotatable bonds is 11. The molecule has 1 fully saturated rings. The van der Waals surface area contributed by atoms with Crippen molar-refractivity contribution in [2.75, 3.05) is 24.6 Å². The van der Waals surface area contributed by atoms with E-state index < -0.39 is 0 Å². The predicted octanol–water partition coefficient (Wildman–Crippen LogP) is 6.27. The van der Waals surface area contributed by atoms with Crippen molar-refractivity contribution in [2.45, 2.75) is 58.5 Å². The van der Waals surface area contributed by atoms with Crippen molar-refractivity contribution in [3.05, 3.63) is 71.9 Å². The molecule has 1 amide bonds. The second kappa shape index (κ2) is 11.6. The van der Waals surface area contributed by atoms with Gasteiger partial charge >= 0.3 is 0 Å². The molecule has 4 rings (SSSR count). The van der Waals surface area contributed by atoms with Gasteiger partial charge in [-0.3, -0.25) is 4.79 Å². The van der Waals surface area contributed by atoms with Crippen LogP contribution in [0, 0.1) is 0 Å². The third-order valence-corrected chi connectivity index (χ3v) is 5.99. The van der Waals surface area contributed by atoms with E-state index in [1.165, 1.54) is 19.3 Å². The van der Waals surface area contributed by atoms with E-state index in [1.807, 2.05) is 48.5 Å². The first-order chi connectivity index (χ1) is 16.2. The monoisotopic (exact) mass is 450 g/mol. The van der Waals surface area contributed by atoms with Crippen LogP contribution in [-0.2, 0) is 13.1 Å². The topological polar surface area (TPSA) is 59.1 Å². The van der Waals surface area contributed by atoms with Gasteiger partial charge in [0.1, 0.15) is 17.3 Å². The van der Waals surface area contributed by atoms with Crippen LogP contribution in [0.3, 0.4) is 0 Å². The van der Waals surface area contributed by atoms with Gasteiger partial charge in [0.25, 0.3) is 5.91 Å². The number of hydrogen-bond acceptors (Lipinski definition) is 5. The Labute approximate surface area is 196 Å². The lowest BCUT2D eigenvalue weighted by molar-refractivity contribution is 0.0705. The highest BCUT2D eigenvalue weighted by atomic mass is 16.5. The van der Waals surface area contributed by atoms with Crippen LogP contribution in [0.5, 0.6) is 5.75 Å². The number of benzene rings is 1. The highest BCUT2D eigenvalue weighted by Gasteiger charge is 2.21. The maximum Gasteiger partial charge on any atom is 0.254 e. The van der Waals surface area contributed by atoms with Crippen LogP contribution in [-0.4, -0.2) is 30.5 Å². The number of nitrogens with zero attached hydrogens (tertiary/aromatic N) is 2. The summed E-state index contributed by atoms with van der Waals surface area (Å²) in [5, 5.41) is 0. The number of carbonyl (C=O) groups is 1. The van der Waals surface area contributed by atoms with Crippen LogP contribution in [0.2, 0.25) is 0 Å². The molecule has 1 aliphatic rings. The molecule has 6 heteroatoms. The standard InChI is InChI=1S/C27H34N2O4/c1-2-3-7-18-31-23-12-10-22(11-13-23)27(30)29(20-24-9-8-19-32-24)21-25-14-15-26(33-25)28-16-5-4-6-17-28/h8-15,19H,2-7,16-18,20-21H2,1H3. The van der Waals surface area contributed by atoms with E-state index in [4.69, 9.17) is 13.6 Å². The van der Waals surface area contributed by atoms with Crippen LogP contribution in [0.4, 0.5) is 5.88 Å². The molecule has 3 heterocycles. The lowest BCUT2D eigenvalue weighted by Crippen LogP contribution is -2.30. The van der Waals surface area contributed by atoms with Crippen molar-refractivity contribution < 1.29 is 18.4 Å². The van der Waals surface area contributed by atoms with Crippen LogP contribution < -0.4 is 9.64 Å². The number of ether oxygens (including phenoxy) is 1. The van der Waals surface area contributed by atoms with Gasteiger partial charge in [0.05, 0.1) is 26.0 Å². The summed E-state index contributed by atoms with van der Waals surface area (Å²) in [5.41, 5.74) is 0.616. The quantitative estimate of drug-likeness (QED) is 0.322. The molecule has 0 saturated carbocycles. The molecule has 0 unspecified atom stereocenters. The number of piperidine rings is 1. The van der Waals surface area contributed by atoms with Crippen LogP contribution in [0.25, 0.3) is 0 Å². The molecule has 1 saturated heterocycles. The van der Waals surface area contributed by atoms with Crippen LogP contribution in [0.1, 0.15) is 67.3 Å². The maximum absolute atomic E-state index is 13.4. The minimum atomic E-state index is -0.0696. The Morgan fingerprint density at radius 1 is 0.970 bits per heavy atom. The molecule has 1 aliphatic heterocycles. The summed E-state index contributed by atoms with van der Waals surface area (Å²) in [4.78, 5) is 17.4. The Hall–Kier alpha value is -3.15. The molecule has 0 radical (unpaired) electrons. The first-order valence-corrected chi connectivity index (χ1v) is 12.1. The van der Waals surface area contributed by atoms with Gasteiger partial charge in [0, 0.05) is 24.7 Å². The number of amides is 1. The summed E-state index contributed by atoms with van der Waals surface area (Å²) >= 11 is 0. The molecule has 33 heavy (non-hydrogen) atoms. The number of furan rings is 2. The average Bonchev–Trinajstić information content (AvgIpc) is 3.54. The van der Waals surface area contributed by atoms with Gasteiger partial charge in [-0.1, -0.05) is 19.8 Å². The molecule has 0 bridgehead atoms. The summed E-state index contributed by atoms with van der Waals surface area (Å²) in [6.45, 7) is 5.67. The van der Waals surface area contributed by atoms with Gasteiger partial charge in [0.15, 0.2) is 5.88 Å². The Morgan fingerprint density at radius 2 is 1.76 bits per heavy atom. The van der Waals surface area contributed by atoms with E-state index in [2.05, 4.69) is 11.8 Å². The molecular formula is C27H34N2O4. The Kier molecular flexibility index (Phi) is 8.12. The minimum Gasteiger partial charge on any atom is -0.494 e. The number of unbranched alkanes of at least 4 members (excludes halogenated alkanes) is 2. The van der Waals surface area contributed by atoms with Gasteiger partial charge in [-0.25, -0.2) is 0 Å². The van der Waals surface area contributed by atoms with Crippen molar-refractivity contribution in [2.24, 2.45) is 0 Å². The summed E-state index contributed by atoms with van der Waals surface area (Å²) in [6, 6.07) is 15.1. The Bertz CT molecular complexity index is 972. The first-order valence-electron chi connectivity index (χ1n) is 12.1. The zero-order chi connectivity index (χ0) is 22.9. The first kappa shape index (κ1) is 23.0. The number of hydrogen-bond donors (Lipinski definition) is 0. The molecule has 1 aromatic carbocycles. The minimum absolute atomic E-state index is 0.0696. The molecule has 6 nitrogen and oxygen atoms in total. The third-order valence-electron chi connectivity index (χ3n) is 5.99. The normalized spacial score (nSPS) is 13.8. The Morgan fingerprint density at radius 3 is 2.48 bits per heavy atom. The Balaban J connectivity index is 1.44.